The highest BCUT2D eigenvalue weighted by atomic mass is 15.0. The molecular weight excluding hydrogens is 558 g/mol. The van der Waals surface area contributed by atoms with Crippen LogP contribution in [0.25, 0.3) is 67.0 Å². The quantitative estimate of drug-likeness (QED) is 0.204. The second-order valence-corrected chi connectivity index (χ2v) is 13.0. The van der Waals surface area contributed by atoms with Crippen molar-refractivity contribution in [3.05, 3.63) is 156 Å². The molecule has 5 aromatic carbocycles. The molecule has 3 nitrogen and oxygen atoms in total. The van der Waals surface area contributed by atoms with Crippen molar-refractivity contribution in [1.29, 1.82) is 0 Å². The van der Waals surface area contributed by atoms with Crippen molar-refractivity contribution in [2.45, 2.75) is 32.1 Å². The van der Waals surface area contributed by atoms with Gasteiger partial charge in [0.15, 0.2) is 5.82 Å². The third-order valence-electron chi connectivity index (χ3n) is 9.90. The summed E-state index contributed by atoms with van der Waals surface area (Å²) < 4.78 is 2.43. The van der Waals surface area contributed by atoms with Gasteiger partial charge in [0.05, 0.1) is 22.4 Å². The Morgan fingerprint density at radius 3 is 2.00 bits per heavy atom. The first kappa shape index (κ1) is 26.8. The Hall–Kier alpha value is -5.54. The standard InChI is InChI=1S/C43H33N3/c1-43(2)36-19-11-9-17-32(36)34-26-41-35(25-37(34)43)33-18-10-12-20-40(33)46(41)31-23-21-29(22-24-31)39-27-38(28-13-5-3-6-14-28)44-42(45-39)30-15-7-4-8-16-30/h3-8,10-16,18-27H,9,17H2,1-2H3. The number of para-hydroxylation sites is 1. The van der Waals surface area contributed by atoms with E-state index < -0.39 is 0 Å². The van der Waals surface area contributed by atoms with Gasteiger partial charge >= 0.3 is 0 Å². The van der Waals surface area contributed by atoms with Crippen LogP contribution < -0.4 is 0 Å². The average Bonchev–Trinajstić information content (AvgIpc) is 3.56. The third kappa shape index (κ3) is 4.12. The van der Waals surface area contributed by atoms with E-state index >= 15 is 0 Å². The molecule has 2 aromatic heterocycles. The van der Waals surface area contributed by atoms with E-state index in [4.69, 9.17) is 9.97 Å². The number of hydrogen-bond donors (Lipinski definition) is 0. The van der Waals surface area contributed by atoms with Crippen LogP contribution in [-0.4, -0.2) is 14.5 Å². The van der Waals surface area contributed by atoms with Gasteiger partial charge in [0.1, 0.15) is 0 Å². The predicted octanol–water partition coefficient (Wildman–Crippen LogP) is 11.0. The maximum atomic E-state index is 5.05. The van der Waals surface area contributed by atoms with Gasteiger partial charge in [0.25, 0.3) is 0 Å². The fourth-order valence-electron chi connectivity index (χ4n) is 7.58. The van der Waals surface area contributed by atoms with Gasteiger partial charge in [-0.25, -0.2) is 9.97 Å². The molecule has 0 fully saturated rings. The maximum absolute atomic E-state index is 5.05. The van der Waals surface area contributed by atoms with E-state index in [1.54, 1.807) is 0 Å². The van der Waals surface area contributed by atoms with Crippen LogP contribution in [0.4, 0.5) is 0 Å². The molecule has 7 aromatic rings. The summed E-state index contributed by atoms with van der Waals surface area (Å²) in [5, 5.41) is 2.60. The van der Waals surface area contributed by atoms with E-state index in [9.17, 15) is 0 Å². The van der Waals surface area contributed by atoms with Crippen LogP contribution in [0.1, 0.15) is 37.8 Å². The smallest absolute Gasteiger partial charge is 0.160 e. The number of rotatable bonds is 4. The van der Waals surface area contributed by atoms with Gasteiger partial charge in [-0.15, -0.1) is 0 Å². The van der Waals surface area contributed by atoms with Crippen molar-refractivity contribution in [2.75, 3.05) is 0 Å². The third-order valence-corrected chi connectivity index (χ3v) is 9.90. The Labute approximate surface area is 269 Å². The molecule has 0 bridgehead atoms. The summed E-state index contributed by atoms with van der Waals surface area (Å²) in [6.07, 6.45) is 6.93. The Morgan fingerprint density at radius 1 is 0.609 bits per heavy atom. The molecule has 0 aliphatic heterocycles. The number of fused-ring (bicyclic) bond motifs is 5. The molecule has 2 aliphatic carbocycles. The van der Waals surface area contributed by atoms with Gasteiger partial charge < -0.3 is 4.57 Å². The van der Waals surface area contributed by atoms with Crippen LogP contribution in [0.5, 0.6) is 0 Å². The van der Waals surface area contributed by atoms with Crippen LogP contribution in [-0.2, 0) is 5.41 Å². The van der Waals surface area contributed by atoms with E-state index in [1.165, 1.54) is 44.1 Å². The molecule has 0 spiro atoms. The topological polar surface area (TPSA) is 30.7 Å². The summed E-state index contributed by atoms with van der Waals surface area (Å²) in [5.74, 6) is 0.728. The molecule has 46 heavy (non-hydrogen) atoms. The van der Waals surface area contributed by atoms with Crippen molar-refractivity contribution >= 4 is 27.4 Å². The molecule has 0 radical (unpaired) electrons. The minimum atomic E-state index is 0.00930. The summed E-state index contributed by atoms with van der Waals surface area (Å²) in [6, 6.07) is 45.3. The Bertz CT molecular complexity index is 2300. The van der Waals surface area contributed by atoms with E-state index in [1.807, 2.05) is 24.3 Å². The second-order valence-electron chi connectivity index (χ2n) is 13.0. The molecule has 9 rings (SSSR count). The molecule has 0 saturated carbocycles. The SMILES string of the molecule is CC1(C)C2=C(CCC=C2)c2cc3c(cc21)c1ccccc1n3-c1ccc(-c2cc(-c3ccccc3)nc(-c3ccccc3)n2)cc1. The molecular formula is C43H33N3. The molecule has 220 valence electrons. The zero-order valence-corrected chi connectivity index (χ0v) is 26.0. The van der Waals surface area contributed by atoms with Gasteiger partial charge in [0, 0.05) is 38.6 Å². The van der Waals surface area contributed by atoms with Gasteiger partial charge in [-0.1, -0.05) is 117 Å². The van der Waals surface area contributed by atoms with Crippen molar-refractivity contribution in [3.63, 3.8) is 0 Å². The molecule has 0 amide bonds. The maximum Gasteiger partial charge on any atom is 0.160 e. The molecule has 0 unspecified atom stereocenters. The number of benzene rings is 5. The summed E-state index contributed by atoms with van der Waals surface area (Å²) in [4.78, 5) is 10.0. The lowest BCUT2D eigenvalue weighted by Gasteiger charge is -2.24. The molecule has 0 atom stereocenters. The summed E-state index contributed by atoms with van der Waals surface area (Å²) in [7, 11) is 0. The minimum absolute atomic E-state index is 0.00930. The van der Waals surface area contributed by atoms with E-state index in [0.29, 0.717) is 0 Å². The zero-order valence-electron chi connectivity index (χ0n) is 26.0. The van der Waals surface area contributed by atoms with E-state index in [0.717, 1.165) is 52.4 Å². The molecule has 2 heterocycles. The lowest BCUT2D eigenvalue weighted by atomic mass is 9.80. The molecule has 0 saturated heterocycles. The van der Waals surface area contributed by atoms with Crippen LogP contribution in [0, 0.1) is 0 Å². The number of nitrogens with zero attached hydrogens (tertiary/aromatic N) is 3. The molecule has 0 N–H and O–H groups in total. The molecule has 3 heteroatoms. The highest BCUT2D eigenvalue weighted by Gasteiger charge is 2.37. The van der Waals surface area contributed by atoms with Gasteiger partial charge in [-0.3, -0.25) is 0 Å². The van der Waals surface area contributed by atoms with Crippen LogP contribution in [0.3, 0.4) is 0 Å². The Kier molecular flexibility index (Phi) is 5.98. The lowest BCUT2D eigenvalue weighted by molar-refractivity contribution is 0.652. The van der Waals surface area contributed by atoms with Crippen molar-refractivity contribution in [1.82, 2.24) is 14.5 Å². The first-order valence-electron chi connectivity index (χ1n) is 16.2. The predicted molar refractivity (Wildman–Crippen MR) is 191 cm³/mol. The summed E-state index contributed by atoms with van der Waals surface area (Å²) in [5.41, 5.74) is 14.5. The fourth-order valence-corrected chi connectivity index (χ4v) is 7.58. The van der Waals surface area contributed by atoms with E-state index in [2.05, 4.69) is 134 Å². The van der Waals surface area contributed by atoms with Gasteiger partial charge in [-0.05, 0) is 71.5 Å². The first-order valence-corrected chi connectivity index (χ1v) is 16.2. The largest absolute Gasteiger partial charge is 0.309 e. The fraction of sp³-hybridized carbons (Fsp3) is 0.116. The van der Waals surface area contributed by atoms with Crippen molar-refractivity contribution in [3.8, 4) is 39.6 Å². The average molecular weight is 592 g/mol. The normalized spacial score (nSPS) is 15.0. The zero-order chi connectivity index (χ0) is 30.8. The van der Waals surface area contributed by atoms with Crippen molar-refractivity contribution < 1.29 is 0 Å². The first-order chi connectivity index (χ1) is 22.6. The van der Waals surface area contributed by atoms with E-state index in [-0.39, 0.29) is 5.41 Å². The Morgan fingerprint density at radius 2 is 1.26 bits per heavy atom. The molecule has 2 aliphatic rings. The summed E-state index contributed by atoms with van der Waals surface area (Å²) in [6.45, 7) is 4.76. The number of allylic oxidation sites excluding steroid dienone is 4. The van der Waals surface area contributed by atoms with Gasteiger partial charge in [-0.2, -0.15) is 0 Å². The van der Waals surface area contributed by atoms with Crippen molar-refractivity contribution in [2.24, 2.45) is 0 Å². The van der Waals surface area contributed by atoms with Crippen LogP contribution in [0.2, 0.25) is 0 Å². The Balaban J connectivity index is 1.20. The van der Waals surface area contributed by atoms with Crippen LogP contribution >= 0.6 is 0 Å². The monoisotopic (exact) mass is 591 g/mol. The summed E-state index contributed by atoms with van der Waals surface area (Å²) >= 11 is 0. The lowest BCUT2D eigenvalue weighted by Crippen LogP contribution is -2.16. The number of hydrogen-bond acceptors (Lipinski definition) is 2. The van der Waals surface area contributed by atoms with Crippen LogP contribution in [0.15, 0.2) is 145 Å². The highest BCUT2D eigenvalue weighted by Crippen LogP contribution is 2.51. The highest BCUT2D eigenvalue weighted by molar-refractivity contribution is 6.11. The minimum Gasteiger partial charge on any atom is -0.309 e. The number of aromatic nitrogens is 3. The van der Waals surface area contributed by atoms with Gasteiger partial charge in [0.2, 0.25) is 0 Å². The second kappa shape index (κ2) is 10.3.